The van der Waals surface area contributed by atoms with Gasteiger partial charge in [0.05, 0.1) is 17.6 Å². The second kappa shape index (κ2) is 7.87. The first kappa shape index (κ1) is 22.2. The molecule has 0 aliphatic carbocycles. The van der Waals surface area contributed by atoms with Gasteiger partial charge in [-0.25, -0.2) is 9.48 Å². The van der Waals surface area contributed by atoms with Gasteiger partial charge in [-0.3, -0.25) is 19.4 Å². The number of aryl methyl sites for hydroxylation is 1. The van der Waals surface area contributed by atoms with Gasteiger partial charge < -0.3 is 5.11 Å². The van der Waals surface area contributed by atoms with Crippen LogP contribution in [-0.4, -0.2) is 49.5 Å². The normalized spacial score (nSPS) is 17.2. The quantitative estimate of drug-likeness (QED) is 0.599. The molecule has 1 N–H and O–H groups in total. The van der Waals surface area contributed by atoms with Gasteiger partial charge in [0.15, 0.2) is 5.92 Å². The highest BCUT2D eigenvalue weighted by molar-refractivity contribution is 6.12. The van der Waals surface area contributed by atoms with Crippen molar-refractivity contribution in [2.24, 2.45) is 13.0 Å². The van der Waals surface area contributed by atoms with Crippen molar-refractivity contribution in [2.75, 3.05) is 11.4 Å². The lowest BCUT2D eigenvalue weighted by atomic mass is 9.99. The zero-order valence-electron chi connectivity index (χ0n) is 17.5. The number of anilines is 1. The maximum atomic E-state index is 13.3. The predicted molar refractivity (Wildman–Crippen MR) is 109 cm³/mol. The molecule has 0 saturated carbocycles. The molecular weight excluding hydrogens is 443 g/mol. The van der Waals surface area contributed by atoms with Crippen molar-refractivity contribution < 1.29 is 32.7 Å². The van der Waals surface area contributed by atoms with Gasteiger partial charge >= 0.3 is 18.2 Å². The Bertz CT molecular complexity index is 1290. The monoisotopic (exact) mass is 461 g/mol. The molecule has 3 amide bonds. The number of imide groups is 1. The number of halogens is 3. The second-order valence-corrected chi connectivity index (χ2v) is 7.68. The molecule has 2 heterocycles. The van der Waals surface area contributed by atoms with Gasteiger partial charge in [0.1, 0.15) is 5.52 Å². The van der Waals surface area contributed by atoms with Crippen molar-refractivity contribution in [2.45, 2.75) is 19.6 Å². The van der Waals surface area contributed by atoms with Crippen LogP contribution >= 0.6 is 0 Å². The van der Waals surface area contributed by atoms with E-state index < -0.39 is 48.7 Å². The number of hydrogen-bond donors (Lipinski definition) is 1. The molecule has 2 aromatic carbocycles. The average Bonchev–Trinajstić information content (AvgIpc) is 3.11. The molecular formula is C21H18F3N5O4. The van der Waals surface area contributed by atoms with Crippen LogP contribution in [0.2, 0.25) is 0 Å². The molecule has 12 heteroatoms. The third-order valence-electron chi connectivity index (χ3n) is 5.67. The van der Waals surface area contributed by atoms with Gasteiger partial charge in [-0.15, -0.1) is 5.10 Å². The molecule has 1 aliphatic rings. The molecule has 1 unspecified atom stereocenters. The lowest BCUT2D eigenvalue weighted by Crippen LogP contribution is -2.58. The Morgan fingerprint density at radius 3 is 2.61 bits per heavy atom. The molecule has 0 spiro atoms. The summed E-state index contributed by atoms with van der Waals surface area (Å²) >= 11 is 0. The van der Waals surface area contributed by atoms with Gasteiger partial charge in [0.25, 0.3) is 0 Å². The maximum Gasteiger partial charge on any atom is 0.416 e. The first-order valence-corrected chi connectivity index (χ1v) is 9.80. The van der Waals surface area contributed by atoms with E-state index in [1.807, 2.05) is 0 Å². The Kier molecular flexibility index (Phi) is 5.30. The summed E-state index contributed by atoms with van der Waals surface area (Å²) in [5, 5.41) is 17.4. The number of aromatic nitrogens is 3. The highest BCUT2D eigenvalue weighted by Gasteiger charge is 2.44. The molecule has 4 rings (SSSR count). The number of alkyl halides is 3. The fourth-order valence-corrected chi connectivity index (χ4v) is 3.84. The summed E-state index contributed by atoms with van der Waals surface area (Å²) in [5.41, 5.74) is 0.462. The lowest BCUT2D eigenvalue weighted by molar-refractivity contribution is -0.150. The van der Waals surface area contributed by atoms with Crippen molar-refractivity contribution >= 4 is 34.6 Å². The number of amides is 3. The smallest absolute Gasteiger partial charge is 0.416 e. The second-order valence-electron chi connectivity index (χ2n) is 7.68. The van der Waals surface area contributed by atoms with Crippen LogP contribution in [0.3, 0.4) is 0 Å². The molecule has 3 aromatic rings. The molecule has 9 nitrogen and oxygen atoms in total. The lowest BCUT2D eigenvalue weighted by Gasteiger charge is -2.37. The zero-order chi connectivity index (χ0) is 24.1. The van der Waals surface area contributed by atoms with Crippen LogP contribution in [-0.2, 0) is 29.4 Å². The Morgan fingerprint density at radius 1 is 1.21 bits per heavy atom. The number of carbonyl (C=O) groups excluding carboxylic acids is 2. The van der Waals surface area contributed by atoms with E-state index >= 15 is 0 Å². The third-order valence-corrected chi connectivity index (χ3v) is 5.67. The number of carbonyl (C=O) groups is 3. The zero-order valence-corrected chi connectivity index (χ0v) is 17.5. The number of urea groups is 1. The van der Waals surface area contributed by atoms with Gasteiger partial charge in [-0.2, -0.15) is 13.2 Å². The van der Waals surface area contributed by atoms with Gasteiger partial charge in [-0.05, 0) is 42.3 Å². The Hall–Kier alpha value is -3.96. The minimum atomic E-state index is -4.61. The number of benzene rings is 2. The van der Waals surface area contributed by atoms with E-state index in [2.05, 4.69) is 10.3 Å². The summed E-state index contributed by atoms with van der Waals surface area (Å²) in [6, 6.07) is 7.35. The number of carboxylic acid groups (broad SMARTS) is 1. The van der Waals surface area contributed by atoms with Crippen molar-refractivity contribution in [1.82, 2.24) is 19.9 Å². The van der Waals surface area contributed by atoms with Crippen molar-refractivity contribution in [1.29, 1.82) is 0 Å². The SMILES string of the molecule is Cc1c(CN2C(=O)C(C(=O)O)CN(c3ccc4c(c3)nnn4C)C2=O)cccc1C(F)(F)F. The van der Waals surface area contributed by atoms with Gasteiger partial charge in [-0.1, -0.05) is 17.3 Å². The summed E-state index contributed by atoms with van der Waals surface area (Å²) in [5.74, 6) is -4.00. The summed E-state index contributed by atoms with van der Waals surface area (Å²) in [7, 11) is 1.68. The Balaban J connectivity index is 1.73. The van der Waals surface area contributed by atoms with E-state index in [0.29, 0.717) is 15.9 Å². The number of fused-ring (bicyclic) bond motifs is 1. The third kappa shape index (κ3) is 3.88. The molecule has 172 valence electrons. The van der Waals surface area contributed by atoms with E-state index in [1.54, 1.807) is 19.2 Å². The highest BCUT2D eigenvalue weighted by Crippen LogP contribution is 2.34. The van der Waals surface area contributed by atoms with Crippen LogP contribution in [0.5, 0.6) is 0 Å². The predicted octanol–water partition coefficient (Wildman–Crippen LogP) is 2.97. The molecule has 1 saturated heterocycles. The Labute approximate surface area is 185 Å². The summed E-state index contributed by atoms with van der Waals surface area (Å²) < 4.78 is 41.4. The maximum absolute atomic E-state index is 13.3. The van der Waals surface area contributed by atoms with Crippen molar-refractivity contribution in [3.8, 4) is 0 Å². The molecule has 1 aliphatic heterocycles. The first-order chi connectivity index (χ1) is 15.5. The molecule has 1 fully saturated rings. The van der Waals surface area contributed by atoms with Crippen LogP contribution < -0.4 is 4.90 Å². The van der Waals surface area contributed by atoms with Crippen LogP contribution in [0.25, 0.3) is 11.0 Å². The Morgan fingerprint density at radius 2 is 1.94 bits per heavy atom. The molecule has 1 aromatic heterocycles. The van der Waals surface area contributed by atoms with E-state index in [4.69, 9.17) is 0 Å². The van der Waals surface area contributed by atoms with Crippen molar-refractivity contribution in [3.63, 3.8) is 0 Å². The molecule has 0 radical (unpaired) electrons. The van der Waals surface area contributed by atoms with E-state index in [0.717, 1.165) is 11.0 Å². The summed E-state index contributed by atoms with van der Waals surface area (Å²) in [6.07, 6.45) is -4.61. The fourth-order valence-electron chi connectivity index (χ4n) is 3.84. The number of carboxylic acids is 1. The van der Waals surface area contributed by atoms with E-state index in [9.17, 15) is 32.7 Å². The van der Waals surface area contributed by atoms with Crippen molar-refractivity contribution in [3.05, 3.63) is 53.1 Å². The molecule has 1 atom stereocenters. The minimum Gasteiger partial charge on any atom is -0.481 e. The number of aliphatic carboxylic acids is 1. The minimum absolute atomic E-state index is 0.0851. The summed E-state index contributed by atoms with van der Waals surface area (Å²) in [6.45, 7) is 0.323. The fraction of sp³-hybridized carbons (Fsp3) is 0.286. The summed E-state index contributed by atoms with van der Waals surface area (Å²) in [4.78, 5) is 39.6. The van der Waals surface area contributed by atoms with Crippen LogP contribution in [0.15, 0.2) is 36.4 Å². The number of nitrogens with zero attached hydrogens (tertiary/aromatic N) is 5. The van der Waals surface area contributed by atoms with Crippen LogP contribution in [0, 0.1) is 12.8 Å². The highest BCUT2D eigenvalue weighted by atomic mass is 19.4. The van der Waals surface area contributed by atoms with Gasteiger partial charge in [0.2, 0.25) is 5.91 Å². The molecule has 33 heavy (non-hydrogen) atoms. The first-order valence-electron chi connectivity index (χ1n) is 9.80. The van der Waals surface area contributed by atoms with Crippen LogP contribution in [0.4, 0.5) is 23.7 Å². The average molecular weight is 461 g/mol. The van der Waals surface area contributed by atoms with Crippen LogP contribution in [0.1, 0.15) is 16.7 Å². The van der Waals surface area contributed by atoms with E-state index in [-0.39, 0.29) is 16.8 Å². The standard InChI is InChI=1S/C21H18F3N5O4/c1-11-12(4-3-5-15(11)21(22,23)24)9-29-18(30)14(19(31)32)10-28(20(29)33)13-6-7-17-16(8-13)25-26-27(17)2/h3-8,14H,9-10H2,1-2H3,(H,31,32). The number of rotatable bonds is 4. The topological polar surface area (TPSA) is 109 Å². The largest absolute Gasteiger partial charge is 0.481 e. The van der Waals surface area contributed by atoms with Gasteiger partial charge in [0, 0.05) is 19.3 Å². The molecule has 0 bridgehead atoms. The van der Waals surface area contributed by atoms with E-state index in [1.165, 1.54) is 29.8 Å². The number of hydrogen-bond acceptors (Lipinski definition) is 5.